The molecule has 0 aliphatic heterocycles. The number of esters is 1. The van der Waals surface area contributed by atoms with Crippen LogP contribution in [0.2, 0.25) is 0 Å². The number of ether oxygens (including phenoxy) is 1. The van der Waals surface area contributed by atoms with Gasteiger partial charge in [-0.05, 0) is 17.2 Å². The fourth-order valence-corrected chi connectivity index (χ4v) is 3.14. The molecule has 0 spiro atoms. The molecule has 3 nitrogen and oxygen atoms in total. The zero-order chi connectivity index (χ0) is 16.8. The third kappa shape index (κ3) is 4.56. The maximum absolute atomic E-state index is 11.2. The molecule has 0 radical (unpaired) electrons. The molecule has 2 aromatic carbocycles. The predicted octanol–water partition coefficient (Wildman–Crippen LogP) is 3.95. The summed E-state index contributed by atoms with van der Waals surface area (Å²) in [6.45, 7) is 3.21. The van der Waals surface area contributed by atoms with E-state index in [2.05, 4.69) is 59.5 Å². The van der Waals surface area contributed by atoms with Crippen LogP contribution in [0, 0.1) is 0 Å². The first-order chi connectivity index (χ1) is 11.7. The number of hydrogen-bond donors (Lipinski definition) is 0. The number of carbonyl (C=O) groups excluding carboxylic acids is 1. The Labute approximate surface area is 143 Å². The van der Waals surface area contributed by atoms with E-state index in [1.807, 2.05) is 18.2 Å². The molecular weight excluding hydrogens is 298 g/mol. The van der Waals surface area contributed by atoms with Crippen molar-refractivity contribution in [2.45, 2.75) is 38.6 Å². The van der Waals surface area contributed by atoms with Crippen molar-refractivity contribution in [2.24, 2.45) is 0 Å². The third-order valence-electron chi connectivity index (χ3n) is 4.27. The SMILES string of the molecule is CC(=O)O[C@H]1C=C[C@@H](N(Cc2ccccc2)Cc2ccccc2)C1. The minimum Gasteiger partial charge on any atom is -0.458 e. The lowest BCUT2D eigenvalue weighted by molar-refractivity contribution is -0.144. The van der Waals surface area contributed by atoms with E-state index < -0.39 is 0 Å². The summed E-state index contributed by atoms with van der Waals surface area (Å²) in [5.74, 6) is -0.219. The summed E-state index contributed by atoms with van der Waals surface area (Å²) >= 11 is 0. The molecule has 0 unspecified atom stereocenters. The molecule has 24 heavy (non-hydrogen) atoms. The van der Waals surface area contributed by atoms with Gasteiger partial charge in [-0.3, -0.25) is 9.69 Å². The molecule has 0 heterocycles. The number of rotatable bonds is 6. The predicted molar refractivity (Wildman–Crippen MR) is 95.2 cm³/mol. The first kappa shape index (κ1) is 16.5. The van der Waals surface area contributed by atoms with Crippen LogP contribution in [-0.4, -0.2) is 23.0 Å². The van der Waals surface area contributed by atoms with Gasteiger partial charge in [0.15, 0.2) is 0 Å². The number of carbonyl (C=O) groups is 1. The summed E-state index contributed by atoms with van der Waals surface area (Å²) in [6, 6.07) is 21.2. The van der Waals surface area contributed by atoms with Crippen LogP contribution in [-0.2, 0) is 22.6 Å². The van der Waals surface area contributed by atoms with Crippen LogP contribution in [0.4, 0.5) is 0 Å². The van der Waals surface area contributed by atoms with Gasteiger partial charge >= 0.3 is 5.97 Å². The van der Waals surface area contributed by atoms with Crippen LogP contribution in [0.1, 0.15) is 24.5 Å². The van der Waals surface area contributed by atoms with Crippen molar-refractivity contribution in [1.82, 2.24) is 4.90 Å². The molecule has 2 atom stereocenters. The zero-order valence-electron chi connectivity index (χ0n) is 14.0. The highest BCUT2D eigenvalue weighted by molar-refractivity contribution is 5.66. The standard InChI is InChI=1S/C21H23NO2/c1-17(23)24-21-13-12-20(14-21)22(15-18-8-4-2-5-9-18)16-19-10-6-3-7-11-19/h2-13,20-21H,14-16H2,1H3/t20-,21+/m1/s1. The van der Waals surface area contributed by atoms with Crippen LogP contribution in [0.25, 0.3) is 0 Å². The van der Waals surface area contributed by atoms with Gasteiger partial charge in [0.2, 0.25) is 0 Å². The van der Waals surface area contributed by atoms with Crippen molar-refractivity contribution in [3.05, 3.63) is 83.9 Å². The highest BCUT2D eigenvalue weighted by Gasteiger charge is 2.26. The quantitative estimate of drug-likeness (QED) is 0.596. The summed E-state index contributed by atoms with van der Waals surface area (Å²) in [5, 5.41) is 0. The second kappa shape index (κ2) is 7.93. The van der Waals surface area contributed by atoms with Gasteiger partial charge in [0, 0.05) is 32.5 Å². The molecule has 1 aliphatic rings. The van der Waals surface area contributed by atoms with Crippen LogP contribution >= 0.6 is 0 Å². The van der Waals surface area contributed by atoms with Crippen molar-refractivity contribution in [3.8, 4) is 0 Å². The number of hydrogen-bond acceptors (Lipinski definition) is 3. The zero-order valence-corrected chi connectivity index (χ0v) is 14.0. The lowest BCUT2D eigenvalue weighted by Gasteiger charge is -2.28. The van der Waals surface area contributed by atoms with Gasteiger partial charge in [0.1, 0.15) is 6.10 Å². The highest BCUT2D eigenvalue weighted by Crippen LogP contribution is 2.23. The Kier molecular flexibility index (Phi) is 5.44. The Balaban J connectivity index is 1.72. The first-order valence-electron chi connectivity index (χ1n) is 8.38. The Morgan fingerprint density at radius 1 is 0.958 bits per heavy atom. The molecule has 0 bridgehead atoms. The van der Waals surface area contributed by atoms with E-state index in [0.29, 0.717) is 0 Å². The summed E-state index contributed by atoms with van der Waals surface area (Å²) in [4.78, 5) is 13.6. The number of nitrogens with zero attached hydrogens (tertiary/aromatic N) is 1. The van der Waals surface area contributed by atoms with Gasteiger partial charge < -0.3 is 4.74 Å². The molecule has 0 saturated carbocycles. The smallest absolute Gasteiger partial charge is 0.303 e. The second-order valence-electron chi connectivity index (χ2n) is 6.21. The Bertz CT molecular complexity index is 640. The van der Waals surface area contributed by atoms with E-state index in [-0.39, 0.29) is 18.1 Å². The van der Waals surface area contributed by atoms with Gasteiger partial charge in [0.05, 0.1) is 0 Å². The summed E-state index contributed by atoms with van der Waals surface area (Å²) in [6.07, 6.45) is 4.88. The van der Waals surface area contributed by atoms with Crippen LogP contribution < -0.4 is 0 Å². The molecule has 3 heteroatoms. The normalized spacial score (nSPS) is 19.6. The average molecular weight is 321 g/mol. The molecule has 2 aromatic rings. The van der Waals surface area contributed by atoms with Crippen LogP contribution in [0.5, 0.6) is 0 Å². The minimum absolute atomic E-state index is 0.110. The molecule has 0 amide bonds. The van der Waals surface area contributed by atoms with E-state index in [9.17, 15) is 4.79 Å². The van der Waals surface area contributed by atoms with Crippen LogP contribution in [0.15, 0.2) is 72.8 Å². The van der Waals surface area contributed by atoms with Crippen molar-refractivity contribution >= 4 is 5.97 Å². The Hall–Kier alpha value is -2.39. The van der Waals surface area contributed by atoms with Crippen LogP contribution in [0.3, 0.4) is 0 Å². The third-order valence-corrected chi connectivity index (χ3v) is 4.27. The first-order valence-corrected chi connectivity index (χ1v) is 8.38. The monoisotopic (exact) mass is 321 g/mol. The molecule has 1 aliphatic carbocycles. The largest absolute Gasteiger partial charge is 0.458 e. The lowest BCUT2D eigenvalue weighted by Crippen LogP contribution is -2.33. The fraction of sp³-hybridized carbons (Fsp3) is 0.286. The molecule has 0 N–H and O–H groups in total. The molecule has 3 rings (SSSR count). The van der Waals surface area contributed by atoms with E-state index in [1.54, 1.807) is 0 Å². The summed E-state index contributed by atoms with van der Waals surface area (Å²) < 4.78 is 5.34. The van der Waals surface area contributed by atoms with Crippen molar-refractivity contribution in [2.75, 3.05) is 0 Å². The minimum atomic E-state index is -0.219. The van der Waals surface area contributed by atoms with E-state index in [1.165, 1.54) is 18.1 Å². The average Bonchev–Trinajstić information content (AvgIpc) is 3.04. The second-order valence-corrected chi connectivity index (χ2v) is 6.21. The lowest BCUT2D eigenvalue weighted by atomic mass is 10.1. The molecule has 0 saturated heterocycles. The maximum Gasteiger partial charge on any atom is 0.303 e. The van der Waals surface area contributed by atoms with Gasteiger partial charge in [0.25, 0.3) is 0 Å². The molecule has 0 aromatic heterocycles. The summed E-state index contributed by atoms with van der Waals surface area (Å²) in [5.41, 5.74) is 2.58. The van der Waals surface area contributed by atoms with Crippen molar-refractivity contribution in [3.63, 3.8) is 0 Å². The fourth-order valence-electron chi connectivity index (χ4n) is 3.14. The summed E-state index contributed by atoms with van der Waals surface area (Å²) in [7, 11) is 0. The Morgan fingerprint density at radius 3 is 2.00 bits per heavy atom. The van der Waals surface area contributed by atoms with E-state index in [0.717, 1.165) is 19.5 Å². The van der Waals surface area contributed by atoms with Crippen molar-refractivity contribution < 1.29 is 9.53 Å². The van der Waals surface area contributed by atoms with Crippen molar-refractivity contribution in [1.29, 1.82) is 0 Å². The van der Waals surface area contributed by atoms with E-state index in [4.69, 9.17) is 4.74 Å². The Morgan fingerprint density at radius 2 is 1.50 bits per heavy atom. The van der Waals surface area contributed by atoms with Gasteiger partial charge in [-0.2, -0.15) is 0 Å². The van der Waals surface area contributed by atoms with Gasteiger partial charge in [-0.15, -0.1) is 0 Å². The topological polar surface area (TPSA) is 29.5 Å². The maximum atomic E-state index is 11.2. The molecule has 124 valence electrons. The van der Waals surface area contributed by atoms with E-state index >= 15 is 0 Å². The highest BCUT2D eigenvalue weighted by atomic mass is 16.5. The number of benzene rings is 2. The van der Waals surface area contributed by atoms with Gasteiger partial charge in [-0.25, -0.2) is 0 Å². The molecular formula is C21H23NO2. The van der Waals surface area contributed by atoms with Gasteiger partial charge in [-0.1, -0.05) is 66.7 Å². The molecule has 0 fully saturated rings.